The molecule has 1 aromatic carbocycles. The Kier molecular flexibility index (Phi) is 4.93. The Morgan fingerprint density at radius 3 is 2.68 bits per heavy atom. The molecule has 1 aliphatic heterocycles. The number of anilines is 1. The van der Waals surface area contributed by atoms with Gasteiger partial charge in [-0.05, 0) is 31.6 Å². The first-order valence-electron chi connectivity index (χ1n) is 6.98. The fourth-order valence-corrected chi connectivity index (χ4v) is 2.53. The van der Waals surface area contributed by atoms with E-state index in [4.69, 9.17) is 0 Å². The lowest BCUT2D eigenvalue weighted by atomic mass is 10.2. The SMILES string of the molecule is CCN(CC(=O)N(C)c1ccccc1)C1CCNC1. The first kappa shape index (κ1) is 14.0. The number of hydrogen-bond donors (Lipinski definition) is 1. The van der Waals surface area contributed by atoms with Crippen molar-refractivity contribution in [2.24, 2.45) is 0 Å². The standard InChI is InChI=1S/C15H23N3O/c1-3-18(14-9-10-16-11-14)12-15(19)17(2)13-7-5-4-6-8-13/h4-8,14,16H,3,9-12H2,1-2H3. The fourth-order valence-electron chi connectivity index (χ4n) is 2.53. The van der Waals surface area contributed by atoms with E-state index in [2.05, 4.69) is 17.1 Å². The predicted octanol–water partition coefficient (Wildman–Crippen LogP) is 1.33. The second-order valence-corrected chi connectivity index (χ2v) is 5.00. The molecule has 4 nitrogen and oxygen atoms in total. The van der Waals surface area contributed by atoms with E-state index in [0.717, 1.165) is 31.7 Å². The first-order chi connectivity index (χ1) is 9.22. The number of amides is 1. The van der Waals surface area contributed by atoms with E-state index < -0.39 is 0 Å². The number of rotatable bonds is 5. The Labute approximate surface area is 115 Å². The molecule has 1 fully saturated rings. The molecule has 0 radical (unpaired) electrons. The molecule has 1 aromatic rings. The van der Waals surface area contributed by atoms with Gasteiger partial charge in [0, 0.05) is 25.3 Å². The average molecular weight is 261 g/mol. The molecule has 0 saturated carbocycles. The summed E-state index contributed by atoms with van der Waals surface area (Å²) >= 11 is 0. The zero-order valence-electron chi connectivity index (χ0n) is 11.8. The van der Waals surface area contributed by atoms with Crippen LogP contribution in [0.3, 0.4) is 0 Å². The number of benzene rings is 1. The predicted molar refractivity (Wildman–Crippen MR) is 78.4 cm³/mol. The number of hydrogen-bond acceptors (Lipinski definition) is 3. The summed E-state index contributed by atoms with van der Waals surface area (Å²) in [5.74, 6) is 0.153. The second kappa shape index (κ2) is 6.68. The van der Waals surface area contributed by atoms with E-state index >= 15 is 0 Å². The van der Waals surface area contributed by atoms with Crippen molar-refractivity contribution in [3.05, 3.63) is 30.3 Å². The molecule has 1 amide bonds. The van der Waals surface area contributed by atoms with Gasteiger partial charge in [-0.2, -0.15) is 0 Å². The summed E-state index contributed by atoms with van der Waals surface area (Å²) in [5, 5.41) is 3.35. The number of carbonyl (C=O) groups is 1. The maximum atomic E-state index is 12.3. The first-order valence-corrected chi connectivity index (χ1v) is 6.98. The molecule has 1 aliphatic rings. The Hall–Kier alpha value is -1.39. The number of nitrogens with zero attached hydrogens (tertiary/aromatic N) is 2. The Bertz CT molecular complexity index is 401. The minimum atomic E-state index is 0.153. The van der Waals surface area contributed by atoms with Gasteiger partial charge in [-0.3, -0.25) is 9.69 Å². The van der Waals surface area contributed by atoms with Gasteiger partial charge >= 0.3 is 0 Å². The monoisotopic (exact) mass is 261 g/mol. The summed E-state index contributed by atoms with van der Waals surface area (Å²) in [6.45, 7) is 5.59. The van der Waals surface area contributed by atoms with Crippen molar-refractivity contribution in [2.75, 3.05) is 38.1 Å². The summed E-state index contributed by atoms with van der Waals surface area (Å²) in [6.07, 6.45) is 1.14. The molecule has 0 bridgehead atoms. The molecule has 19 heavy (non-hydrogen) atoms. The van der Waals surface area contributed by atoms with Gasteiger partial charge in [-0.25, -0.2) is 0 Å². The smallest absolute Gasteiger partial charge is 0.240 e. The Balaban J connectivity index is 1.95. The van der Waals surface area contributed by atoms with E-state index in [1.165, 1.54) is 0 Å². The van der Waals surface area contributed by atoms with Crippen LogP contribution in [0, 0.1) is 0 Å². The quantitative estimate of drug-likeness (QED) is 0.868. The van der Waals surface area contributed by atoms with E-state index in [9.17, 15) is 4.79 Å². The summed E-state index contributed by atoms with van der Waals surface area (Å²) in [7, 11) is 1.85. The highest BCUT2D eigenvalue weighted by atomic mass is 16.2. The normalized spacial score (nSPS) is 18.8. The number of likely N-dealkylation sites (N-methyl/N-ethyl adjacent to an activating group) is 2. The van der Waals surface area contributed by atoms with Gasteiger partial charge in [-0.1, -0.05) is 25.1 Å². The Morgan fingerprint density at radius 2 is 2.11 bits per heavy atom. The molecule has 104 valence electrons. The van der Waals surface area contributed by atoms with Crippen LogP contribution in [0.1, 0.15) is 13.3 Å². The van der Waals surface area contributed by atoms with E-state index in [-0.39, 0.29) is 5.91 Å². The van der Waals surface area contributed by atoms with Crippen LogP contribution in [0.4, 0.5) is 5.69 Å². The molecule has 4 heteroatoms. The zero-order chi connectivity index (χ0) is 13.7. The highest BCUT2D eigenvalue weighted by Gasteiger charge is 2.24. The minimum absolute atomic E-state index is 0.153. The number of nitrogens with one attached hydrogen (secondary N) is 1. The molecular formula is C15H23N3O. The molecule has 1 atom stereocenters. The minimum Gasteiger partial charge on any atom is -0.315 e. The van der Waals surface area contributed by atoms with Crippen molar-refractivity contribution in [3.63, 3.8) is 0 Å². The summed E-state index contributed by atoms with van der Waals surface area (Å²) in [4.78, 5) is 16.3. The largest absolute Gasteiger partial charge is 0.315 e. The van der Waals surface area contributed by atoms with Gasteiger partial charge in [0.05, 0.1) is 6.54 Å². The van der Waals surface area contributed by atoms with Crippen molar-refractivity contribution >= 4 is 11.6 Å². The van der Waals surface area contributed by atoms with Gasteiger partial charge in [0.25, 0.3) is 0 Å². The van der Waals surface area contributed by atoms with E-state index in [1.54, 1.807) is 4.90 Å². The third kappa shape index (κ3) is 3.55. The maximum Gasteiger partial charge on any atom is 0.240 e. The third-order valence-corrected chi connectivity index (χ3v) is 3.81. The van der Waals surface area contributed by atoms with Crippen LogP contribution in [0.5, 0.6) is 0 Å². The van der Waals surface area contributed by atoms with Crippen LogP contribution in [0.15, 0.2) is 30.3 Å². The van der Waals surface area contributed by atoms with Gasteiger partial charge < -0.3 is 10.2 Å². The van der Waals surface area contributed by atoms with Crippen LogP contribution in [0.2, 0.25) is 0 Å². The van der Waals surface area contributed by atoms with Gasteiger partial charge in [0.1, 0.15) is 0 Å². The van der Waals surface area contributed by atoms with Crippen molar-refractivity contribution in [2.45, 2.75) is 19.4 Å². The van der Waals surface area contributed by atoms with Gasteiger partial charge in [-0.15, -0.1) is 0 Å². The highest BCUT2D eigenvalue weighted by molar-refractivity contribution is 5.94. The molecular weight excluding hydrogens is 238 g/mol. The molecule has 1 heterocycles. The lowest BCUT2D eigenvalue weighted by Crippen LogP contribution is -2.44. The lowest BCUT2D eigenvalue weighted by molar-refractivity contribution is -0.119. The van der Waals surface area contributed by atoms with Crippen LogP contribution in [-0.4, -0.2) is 50.1 Å². The van der Waals surface area contributed by atoms with Crippen molar-refractivity contribution in [1.82, 2.24) is 10.2 Å². The van der Waals surface area contributed by atoms with Gasteiger partial charge in [0.15, 0.2) is 0 Å². The zero-order valence-corrected chi connectivity index (χ0v) is 11.8. The van der Waals surface area contributed by atoms with E-state index in [1.807, 2.05) is 37.4 Å². The molecule has 0 spiro atoms. The van der Waals surface area contributed by atoms with Crippen molar-refractivity contribution in [3.8, 4) is 0 Å². The summed E-state index contributed by atoms with van der Waals surface area (Å²) in [6, 6.07) is 10.3. The maximum absolute atomic E-state index is 12.3. The number of carbonyl (C=O) groups excluding carboxylic acids is 1. The van der Waals surface area contributed by atoms with Crippen LogP contribution in [0.25, 0.3) is 0 Å². The Morgan fingerprint density at radius 1 is 1.37 bits per heavy atom. The lowest BCUT2D eigenvalue weighted by Gasteiger charge is -2.28. The van der Waals surface area contributed by atoms with Crippen LogP contribution >= 0.6 is 0 Å². The number of para-hydroxylation sites is 1. The molecule has 2 rings (SSSR count). The van der Waals surface area contributed by atoms with E-state index in [0.29, 0.717) is 12.6 Å². The van der Waals surface area contributed by atoms with Crippen LogP contribution in [-0.2, 0) is 4.79 Å². The molecule has 1 unspecified atom stereocenters. The van der Waals surface area contributed by atoms with Crippen LogP contribution < -0.4 is 10.2 Å². The van der Waals surface area contributed by atoms with Gasteiger partial charge in [0.2, 0.25) is 5.91 Å². The fraction of sp³-hybridized carbons (Fsp3) is 0.533. The summed E-state index contributed by atoms with van der Waals surface area (Å²) in [5.41, 5.74) is 0.952. The third-order valence-electron chi connectivity index (χ3n) is 3.81. The molecule has 0 aliphatic carbocycles. The molecule has 0 aromatic heterocycles. The van der Waals surface area contributed by atoms with Crippen molar-refractivity contribution < 1.29 is 4.79 Å². The topological polar surface area (TPSA) is 35.6 Å². The molecule has 1 N–H and O–H groups in total. The highest BCUT2D eigenvalue weighted by Crippen LogP contribution is 2.13. The average Bonchev–Trinajstić information content (AvgIpc) is 2.98. The second-order valence-electron chi connectivity index (χ2n) is 5.00. The molecule has 1 saturated heterocycles. The summed E-state index contributed by atoms with van der Waals surface area (Å²) < 4.78 is 0. The van der Waals surface area contributed by atoms with Crippen molar-refractivity contribution in [1.29, 1.82) is 0 Å².